The number of likely N-dealkylation sites (tertiary alicyclic amines) is 1. The molecule has 3 amide bonds. The molecule has 172 valence electrons. The minimum Gasteiger partial charge on any atom is -0.344 e. The number of hydrogen-bond acceptors (Lipinski definition) is 5. The summed E-state index contributed by atoms with van der Waals surface area (Å²) in [6.07, 6.45) is 2.51. The number of nitrogens with one attached hydrogen (secondary N) is 2. The Balaban J connectivity index is 1.51. The van der Waals surface area contributed by atoms with Crippen LogP contribution in [0.25, 0.3) is 0 Å². The smallest absolute Gasteiger partial charge is 0.251 e. The third kappa shape index (κ3) is 4.65. The van der Waals surface area contributed by atoms with E-state index in [9.17, 15) is 19.2 Å². The molecule has 1 aromatic carbocycles. The van der Waals surface area contributed by atoms with Gasteiger partial charge in [-0.25, -0.2) is 0 Å². The van der Waals surface area contributed by atoms with E-state index in [1.165, 1.54) is 11.1 Å². The van der Waals surface area contributed by atoms with E-state index in [1.54, 1.807) is 42.5 Å². The minimum atomic E-state index is -0.755. The molecule has 2 fully saturated rings. The molecule has 2 aliphatic heterocycles. The van der Waals surface area contributed by atoms with Gasteiger partial charge in [0.2, 0.25) is 17.6 Å². The number of Topliss-reactive ketones (excluding diaryl/α,β-unsaturated/α-hetero) is 1. The lowest BCUT2D eigenvalue weighted by atomic mass is 9.92. The van der Waals surface area contributed by atoms with E-state index in [4.69, 9.17) is 0 Å². The number of aromatic nitrogens is 1. The zero-order valence-corrected chi connectivity index (χ0v) is 18.7. The van der Waals surface area contributed by atoms with Gasteiger partial charge in [-0.3, -0.25) is 24.2 Å². The molecule has 8 nitrogen and oxygen atoms in total. The molecule has 4 rings (SSSR count). The number of carbonyl (C=O) groups excluding carboxylic acids is 4. The lowest BCUT2D eigenvalue weighted by Crippen LogP contribution is -2.52. The molecule has 0 aliphatic carbocycles. The molecular formula is C25H28N4O4. The molecule has 1 aromatic heterocycles. The number of carbonyl (C=O) groups is 4. The largest absolute Gasteiger partial charge is 0.344 e. The van der Waals surface area contributed by atoms with Crippen LogP contribution in [0.2, 0.25) is 0 Å². The van der Waals surface area contributed by atoms with E-state index in [1.807, 2.05) is 19.9 Å². The fourth-order valence-corrected chi connectivity index (χ4v) is 4.75. The molecule has 4 atom stereocenters. The Kier molecular flexibility index (Phi) is 6.53. The summed E-state index contributed by atoms with van der Waals surface area (Å²) in [7, 11) is 0. The molecule has 2 N–H and O–H groups in total. The molecule has 2 aliphatic rings. The van der Waals surface area contributed by atoms with Gasteiger partial charge < -0.3 is 15.5 Å². The molecule has 8 heteroatoms. The van der Waals surface area contributed by atoms with Gasteiger partial charge in [-0.2, -0.15) is 0 Å². The monoisotopic (exact) mass is 448 g/mol. The second-order valence-corrected chi connectivity index (χ2v) is 9.02. The van der Waals surface area contributed by atoms with Crippen LogP contribution in [0.4, 0.5) is 0 Å². The predicted octanol–water partition coefficient (Wildman–Crippen LogP) is 1.82. The number of amides is 3. The lowest BCUT2D eigenvalue weighted by Gasteiger charge is -2.28. The Morgan fingerprint density at radius 1 is 1.12 bits per heavy atom. The normalized spacial score (nSPS) is 22.6. The zero-order valence-electron chi connectivity index (χ0n) is 18.7. The molecule has 33 heavy (non-hydrogen) atoms. The second kappa shape index (κ2) is 9.52. The van der Waals surface area contributed by atoms with E-state index in [2.05, 4.69) is 15.6 Å². The Morgan fingerprint density at radius 2 is 1.85 bits per heavy atom. The number of ketones is 1. The molecule has 3 unspecified atom stereocenters. The summed E-state index contributed by atoms with van der Waals surface area (Å²) in [5, 5.41) is 5.63. The fourth-order valence-electron chi connectivity index (χ4n) is 4.75. The van der Waals surface area contributed by atoms with Gasteiger partial charge in [0.25, 0.3) is 5.91 Å². The van der Waals surface area contributed by atoms with Crippen molar-refractivity contribution in [2.24, 2.45) is 11.8 Å². The highest BCUT2D eigenvalue weighted by atomic mass is 16.2. The highest BCUT2D eigenvalue weighted by Gasteiger charge is 2.54. The molecule has 0 saturated carbocycles. The number of pyridine rings is 1. The maximum Gasteiger partial charge on any atom is 0.251 e. The maximum atomic E-state index is 13.5. The van der Waals surface area contributed by atoms with E-state index >= 15 is 0 Å². The fraction of sp³-hybridized carbons (Fsp3) is 0.400. The molecule has 0 spiro atoms. The first-order chi connectivity index (χ1) is 15.9. The molecule has 0 radical (unpaired) electrons. The first-order valence-electron chi connectivity index (χ1n) is 11.3. The molecule has 2 aromatic rings. The number of fused-ring (bicyclic) bond motifs is 1. The Labute approximate surface area is 192 Å². The van der Waals surface area contributed by atoms with Crippen LogP contribution in [0.1, 0.15) is 47.5 Å². The summed E-state index contributed by atoms with van der Waals surface area (Å²) in [6, 6.07) is 11.6. The second-order valence-electron chi connectivity index (χ2n) is 9.02. The first-order valence-corrected chi connectivity index (χ1v) is 11.3. The Hall–Kier alpha value is -3.55. The number of rotatable bonds is 7. The number of nitrogens with zero attached hydrogens (tertiary/aromatic N) is 2. The van der Waals surface area contributed by atoms with Crippen molar-refractivity contribution in [1.29, 1.82) is 0 Å². The summed E-state index contributed by atoms with van der Waals surface area (Å²) in [6.45, 7) is 4.32. The van der Waals surface area contributed by atoms with Gasteiger partial charge in [0, 0.05) is 24.2 Å². The summed E-state index contributed by atoms with van der Waals surface area (Å²) >= 11 is 0. The average molecular weight is 449 g/mol. The maximum absolute atomic E-state index is 13.5. The van der Waals surface area contributed by atoms with Gasteiger partial charge in [-0.15, -0.1) is 0 Å². The van der Waals surface area contributed by atoms with Gasteiger partial charge >= 0.3 is 0 Å². The van der Waals surface area contributed by atoms with Crippen LogP contribution >= 0.6 is 0 Å². The highest BCUT2D eigenvalue weighted by Crippen LogP contribution is 2.34. The van der Waals surface area contributed by atoms with Crippen LogP contribution in [-0.4, -0.2) is 58.1 Å². The van der Waals surface area contributed by atoms with Crippen molar-refractivity contribution in [2.75, 3.05) is 6.54 Å². The van der Waals surface area contributed by atoms with E-state index in [0.717, 1.165) is 0 Å². The first kappa shape index (κ1) is 22.6. The van der Waals surface area contributed by atoms with Crippen LogP contribution in [0.5, 0.6) is 0 Å². The topological polar surface area (TPSA) is 108 Å². The summed E-state index contributed by atoms with van der Waals surface area (Å²) in [4.78, 5) is 57.7. The van der Waals surface area contributed by atoms with Gasteiger partial charge in [0.15, 0.2) is 0 Å². The van der Waals surface area contributed by atoms with Crippen LogP contribution in [0.3, 0.4) is 0 Å². The van der Waals surface area contributed by atoms with Crippen LogP contribution in [0, 0.1) is 11.8 Å². The van der Waals surface area contributed by atoms with Gasteiger partial charge in [0.05, 0.1) is 6.04 Å². The summed E-state index contributed by atoms with van der Waals surface area (Å²) in [5.41, 5.74) is 0.763. The molecule has 2 saturated heterocycles. The van der Waals surface area contributed by atoms with Gasteiger partial charge in [-0.05, 0) is 43.0 Å². The Morgan fingerprint density at radius 3 is 2.52 bits per heavy atom. The minimum absolute atomic E-state index is 0.157. The highest BCUT2D eigenvalue weighted by molar-refractivity contribution is 6.05. The standard InChI is InChI=1S/C25H28N4O4/c1-15(2)14-19(27-23(31)16-8-4-3-5-9-16)25(33)29-13-11-17-20(28-24(32)21(17)29)22(30)18-10-6-7-12-26-18/h3-10,12,15,17,19-21H,11,13-14H2,1-2H3,(H,27,31)(H,28,32)/t17?,19-,20?,21?/m0/s1. The van der Waals surface area contributed by atoms with Crippen molar-refractivity contribution in [3.05, 3.63) is 66.0 Å². The van der Waals surface area contributed by atoms with Crippen LogP contribution < -0.4 is 10.6 Å². The third-order valence-corrected chi connectivity index (χ3v) is 6.27. The van der Waals surface area contributed by atoms with Crippen molar-refractivity contribution in [1.82, 2.24) is 20.5 Å². The van der Waals surface area contributed by atoms with Crippen molar-refractivity contribution in [2.45, 2.75) is 44.8 Å². The SMILES string of the molecule is CC(C)C[C@H](NC(=O)c1ccccc1)C(=O)N1CCC2C(C(=O)c3ccccn3)NC(=O)C21. The van der Waals surface area contributed by atoms with Crippen molar-refractivity contribution in [3.8, 4) is 0 Å². The quantitative estimate of drug-likeness (QED) is 0.628. The average Bonchev–Trinajstić information content (AvgIpc) is 3.40. The predicted molar refractivity (Wildman–Crippen MR) is 121 cm³/mol. The number of benzene rings is 1. The summed E-state index contributed by atoms with van der Waals surface area (Å²) < 4.78 is 0. The lowest BCUT2D eigenvalue weighted by molar-refractivity contribution is -0.139. The zero-order chi connectivity index (χ0) is 23.5. The third-order valence-electron chi connectivity index (χ3n) is 6.27. The van der Waals surface area contributed by atoms with Crippen LogP contribution in [-0.2, 0) is 9.59 Å². The Bertz CT molecular complexity index is 1040. The van der Waals surface area contributed by atoms with Crippen molar-refractivity contribution < 1.29 is 19.2 Å². The van der Waals surface area contributed by atoms with E-state index in [-0.39, 0.29) is 35.3 Å². The molecular weight excluding hydrogens is 420 g/mol. The van der Waals surface area contributed by atoms with E-state index < -0.39 is 18.1 Å². The van der Waals surface area contributed by atoms with Crippen molar-refractivity contribution in [3.63, 3.8) is 0 Å². The molecule has 0 bridgehead atoms. The van der Waals surface area contributed by atoms with Crippen molar-refractivity contribution >= 4 is 23.5 Å². The van der Waals surface area contributed by atoms with Gasteiger partial charge in [0.1, 0.15) is 17.8 Å². The molecule has 3 heterocycles. The number of hydrogen-bond donors (Lipinski definition) is 2. The van der Waals surface area contributed by atoms with E-state index in [0.29, 0.717) is 30.6 Å². The van der Waals surface area contributed by atoms with Gasteiger partial charge in [-0.1, -0.05) is 38.1 Å². The summed E-state index contributed by atoms with van der Waals surface area (Å²) in [5.74, 6) is -1.37. The van der Waals surface area contributed by atoms with Crippen LogP contribution in [0.15, 0.2) is 54.7 Å².